The van der Waals surface area contributed by atoms with E-state index in [2.05, 4.69) is 35.6 Å². The Hall–Kier alpha value is -0.860. The molecule has 2 nitrogen and oxygen atoms in total. The second-order valence-corrected chi connectivity index (χ2v) is 6.70. The largest absolute Gasteiger partial charge is 0.329 e. The zero-order chi connectivity index (χ0) is 13.8. The van der Waals surface area contributed by atoms with Crippen LogP contribution in [-0.2, 0) is 6.42 Å². The molecule has 1 atom stereocenters. The van der Waals surface area contributed by atoms with Gasteiger partial charge in [-0.15, -0.1) is 0 Å². The van der Waals surface area contributed by atoms with Crippen LogP contribution in [0.15, 0.2) is 30.3 Å². The van der Waals surface area contributed by atoms with Gasteiger partial charge in [-0.3, -0.25) is 0 Å². The van der Waals surface area contributed by atoms with Gasteiger partial charge in [0, 0.05) is 12.6 Å². The number of benzene rings is 1. The number of rotatable bonds is 9. The first-order chi connectivity index (χ1) is 9.86. The molecule has 0 aliphatic heterocycles. The quantitative estimate of drug-likeness (QED) is 0.725. The third-order valence-electron chi connectivity index (χ3n) is 5.01. The Morgan fingerprint density at radius 2 is 1.70 bits per heavy atom. The van der Waals surface area contributed by atoms with Gasteiger partial charge in [0.15, 0.2) is 0 Å². The first-order valence-electron chi connectivity index (χ1n) is 8.34. The van der Waals surface area contributed by atoms with Crippen molar-refractivity contribution in [2.75, 3.05) is 13.1 Å². The monoisotopic (exact) mass is 272 g/mol. The molecular formula is C18H28N2. The third-order valence-corrected chi connectivity index (χ3v) is 5.01. The molecule has 0 heterocycles. The topological polar surface area (TPSA) is 38.0 Å². The first-order valence-corrected chi connectivity index (χ1v) is 8.34. The summed E-state index contributed by atoms with van der Waals surface area (Å²) in [7, 11) is 0. The predicted octanol–water partition coefficient (Wildman–Crippen LogP) is 2.97. The molecule has 2 saturated carbocycles. The van der Waals surface area contributed by atoms with E-state index in [9.17, 15) is 0 Å². The number of nitrogens with one attached hydrogen (secondary N) is 1. The Labute approximate surface area is 123 Å². The molecule has 0 radical (unpaired) electrons. The highest BCUT2D eigenvalue weighted by atomic mass is 14.9. The van der Waals surface area contributed by atoms with Gasteiger partial charge in [-0.05, 0) is 68.4 Å². The van der Waals surface area contributed by atoms with Gasteiger partial charge in [-0.1, -0.05) is 30.3 Å². The summed E-state index contributed by atoms with van der Waals surface area (Å²) in [5, 5.41) is 3.76. The lowest BCUT2D eigenvalue weighted by atomic mass is 9.97. The molecule has 0 aromatic heterocycles. The van der Waals surface area contributed by atoms with E-state index >= 15 is 0 Å². The highest BCUT2D eigenvalue weighted by molar-refractivity contribution is 5.14. The summed E-state index contributed by atoms with van der Waals surface area (Å²) in [4.78, 5) is 0. The molecule has 2 aliphatic rings. The maximum absolute atomic E-state index is 5.94. The lowest BCUT2D eigenvalue weighted by Crippen LogP contribution is -2.40. The number of nitrogens with two attached hydrogens (primary N) is 1. The molecule has 0 saturated heterocycles. The van der Waals surface area contributed by atoms with Crippen LogP contribution >= 0.6 is 0 Å². The van der Waals surface area contributed by atoms with Gasteiger partial charge in [0.2, 0.25) is 0 Å². The average Bonchev–Trinajstić information content (AvgIpc) is 3.37. The molecule has 2 heteroatoms. The SMILES string of the molecule is NCC(CCc1ccccc1)NCC(C1CC1)C1CC1. The molecule has 3 N–H and O–H groups in total. The van der Waals surface area contributed by atoms with Crippen molar-refractivity contribution in [2.24, 2.45) is 23.5 Å². The molecule has 110 valence electrons. The zero-order valence-electron chi connectivity index (χ0n) is 12.4. The molecule has 1 aromatic carbocycles. The minimum Gasteiger partial charge on any atom is -0.329 e. The van der Waals surface area contributed by atoms with E-state index in [0.29, 0.717) is 6.04 Å². The van der Waals surface area contributed by atoms with Crippen LogP contribution in [-0.4, -0.2) is 19.1 Å². The van der Waals surface area contributed by atoms with Crippen LogP contribution in [0.2, 0.25) is 0 Å². The second-order valence-electron chi connectivity index (χ2n) is 6.70. The minimum atomic E-state index is 0.482. The third kappa shape index (κ3) is 4.07. The van der Waals surface area contributed by atoms with Crippen molar-refractivity contribution >= 4 is 0 Å². The lowest BCUT2D eigenvalue weighted by molar-refractivity contribution is 0.349. The highest BCUT2D eigenvalue weighted by Gasteiger charge is 2.41. The summed E-state index contributed by atoms with van der Waals surface area (Å²) < 4.78 is 0. The second kappa shape index (κ2) is 6.73. The minimum absolute atomic E-state index is 0.482. The van der Waals surface area contributed by atoms with Crippen molar-refractivity contribution < 1.29 is 0 Å². The van der Waals surface area contributed by atoms with Crippen LogP contribution in [0, 0.1) is 17.8 Å². The fourth-order valence-corrected chi connectivity index (χ4v) is 3.36. The summed E-state index contributed by atoms with van der Waals surface area (Å²) in [6.45, 7) is 1.96. The Morgan fingerprint density at radius 1 is 1.05 bits per heavy atom. The Bertz CT molecular complexity index is 383. The van der Waals surface area contributed by atoms with E-state index in [1.165, 1.54) is 37.8 Å². The van der Waals surface area contributed by atoms with Crippen LogP contribution < -0.4 is 11.1 Å². The molecule has 2 fully saturated rings. The van der Waals surface area contributed by atoms with Crippen LogP contribution in [0.5, 0.6) is 0 Å². The molecule has 0 amide bonds. The van der Waals surface area contributed by atoms with Crippen LogP contribution in [0.3, 0.4) is 0 Å². The predicted molar refractivity (Wildman–Crippen MR) is 84.5 cm³/mol. The van der Waals surface area contributed by atoms with Gasteiger partial charge >= 0.3 is 0 Å². The summed E-state index contributed by atoms with van der Waals surface area (Å²) in [6.07, 6.45) is 8.18. The normalized spacial score (nSPS) is 20.3. The summed E-state index contributed by atoms with van der Waals surface area (Å²) in [5.74, 6) is 3.01. The van der Waals surface area contributed by atoms with Crippen molar-refractivity contribution in [3.63, 3.8) is 0 Å². The van der Waals surface area contributed by atoms with E-state index in [-0.39, 0.29) is 0 Å². The number of aryl methyl sites for hydroxylation is 1. The molecule has 2 aliphatic carbocycles. The van der Waals surface area contributed by atoms with Crippen molar-refractivity contribution in [1.82, 2.24) is 5.32 Å². The van der Waals surface area contributed by atoms with E-state index in [0.717, 1.165) is 37.1 Å². The van der Waals surface area contributed by atoms with Gasteiger partial charge < -0.3 is 11.1 Å². The van der Waals surface area contributed by atoms with Gasteiger partial charge in [-0.25, -0.2) is 0 Å². The zero-order valence-corrected chi connectivity index (χ0v) is 12.4. The molecule has 0 spiro atoms. The van der Waals surface area contributed by atoms with Gasteiger partial charge in [0.25, 0.3) is 0 Å². The summed E-state index contributed by atoms with van der Waals surface area (Å²) >= 11 is 0. The van der Waals surface area contributed by atoms with Gasteiger partial charge in [-0.2, -0.15) is 0 Å². The van der Waals surface area contributed by atoms with Crippen LogP contribution in [0.4, 0.5) is 0 Å². The van der Waals surface area contributed by atoms with Gasteiger partial charge in [0.05, 0.1) is 0 Å². The smallest absolute Gasteiger partial charge is 0.0193 e. The number of hydrogen-bond donors (Lipinski definition) is 2. The molecule has 20 heavy (non-hydrogen) atoms. The van der Waals surface area contributed by atoms with E-state index in [1.807, 2.05) is 0 Å². The van der Waals surface area contributed by atoms with Crippen molar-refractivity contribution in [3.05, 3.63) is 35.9 Å². The van der Waals surface area contributed by atoms with Crippen LogP contribution in [0.1, 0.15) is 37.7 Å². The molecule has 3 rings (SSSR count). The summed E-state index contributed by atoms with van der Waals surface area (Å²) in [6, 6.07) is 11.2. The highest BCUT2D eigenvalue weighted by Crippen LogP contribution is 2.48. The fourth-order valence-electron chi connectivity index (χ4n) is 3.36. The van der Waals surface area contributed by atoms with Crippen molar-refractivity contribution in [1.29, 1.82) is 0 Å². The lowest BCUT2D eigenvalue weighted by Gasteiger charge is -2.22. The average molecular weight is 272 g/mol. The van der Waals surface area contributed by atoms with Gasteiger partial charge in [0.1, 0.15) is 0 Å². The van der Waals surface area contributed by atoms with Crippen LogP contribution in [0.25, 0.3) is 0 Å². The molecular weight excluding hydrogens is 244 g/mol. The van der Waals surface area contributed by atoms with E-state index in [4.69, 9.17) is 5.73 Å². The first kappa shape index (κ1) is 14.1. The van der Waals surface area contributed by atoms with Crippen molar-refractivity contribution in [3.8, 4) is 0 Å². The standard InChI is InChI=1S/C18H28N2/c19-12-17(11-6-14-4-2-1-3-5-14)20-13-18(15-7-8-15)16-9-10-16/h1-5,15-18,20H,6-13,19H2. The number of hydrogen-bond acceptors (Lipinski definition) is 2. The molecule has 1 unspecified atom stereocenters. The molecule has 1 aromatic rings. The summed E-state index contributed by atoms with van der Waals surface area (Å²) in [5.41, 5.74) is 7.37. The van der Waals surface area contributed by atoms with E-state index in [1.54, 1.807) is 0 Å². The Morgan fingerprint density at radius 3 is 2.25 bits per heavy atom. The maximum atomic E-state index is 5.94. The van der Waals surface area contributed by atoms with Crippen molar-refractivity contribution in [2.45, 2.75) is 44.6 Å². The Balaban J connectivity index is 1.42. The Kier molecular flexibility index (Phi) is 4.74. The molecule has 0 bridgehead atoms. The fraction of sp³-hybridized carbons (Fsp3) is 0.667. The maximum Gasteiger partial charge on any atom is 0.0193 e. The van der Waals surface area contributed by atoms with E-state index < -0.39 is 0 Å².